The van der Waals surface area contributed by atoms with Gasteiger partial charge in [-0.15, -0.1) is 0 Å². The minimum atomic E-state index is -3.33. The van der Waals surface area contributed by atoms with Crippen LogP contribution >= 0.6 is 0 Å². The number of benzene rings is 1. The van der Waals surface area contributed by atoms with Crippen LogP contribution in [0, 0.1) is 5.41 Å². The Labute approximate surface area is 153 Å². The average molecular weight is 386 g/mol. The van der Waals surface area contributed by atoms with Crippen molar-refractivity contribution in [3.8, 4) is 5.75 Å². The van der Waals surface area contributed by atoms with Gasteiger partial charge in [-0.1, -0.05) is 20.8 Å². The lowest BCUT2D eigenvalue weighted by molar-refractivity contribution is -0.125. The molecule has 0 saturated heterocycles. The molecule has 10 heteroatoms. The first-order valence-electron chi connectivity index (χ1n) is 7.93. The Hall–Kier alpha value is -2.49. The third-order valence-corrected chi connectivity index (χ3v) is 3.85. The van der Waals surface area contributed by atoms with Crippen LogP contribution in [0.25, 0.3) is 0 Å². The molecule has 0 aliphatic heterocycles. The van der Waals surface area contributed by atoms with Gasteiger partial charge in [0.25, 0.3) is 0 Å². The van der Waals surface area contributed by atoms with Crippen molar-refractivity contribution in [3.63, 3.8) is 0 Å². The van der Waals surface area contributed by atoms with Gasteiger partial charge in [0.15, 0.2) is 0 Å². The molecule has 0 saturated carbocycles. The second-order valence-electron chi connectivity index (χ2n) is 6.85. The van der Waals surface area contributed by atoms with Crippen molar-refractivity contribution in [1.29, 1.82) is 0 Å². The number of primary amides is 1. The summed E-state index contributed by atoms with van der Waals surface area (Å²) in [6.45, 7) is 5.88. The molecule has 26 heavy (non-hydrogen) atoms. The number of ether oxygens (including phenoxy) is 1. The lowest BCUT2D eigenvalue weighted by Gasteiger charge is -2.29. The lowest BCUT2D eigenvalue weighted by atomic mass is 9.86. The number of rotatable bonds is 8. The Balaban J connectivity index is 2.48. The molecular formula is C16H26N4O5S. The maximum absolute atomic E-state index is 12.2. The smallest absolute Gasteiger partial charge is 0.312 e. The highest BCUT2D eigenvalue weighted by molar-refractivity contribution is 7.92. The monoisotopic (exact) mass is 386 g/mol. The highest BCUT2D eigenvalue weighted by atomic mass is 32.2. The molecule has 0 heterocycles. The summed E-state index contributed by atoms with van der Waals surface area (Å²) >= 11 is 0. The molecule has 1 unspecified atom stereocenters. The molecule has 0 fully saturated rings. The molecule has 3 amide bonds. The van der Waals surface area contributed by atoms with E-state index in [1.807, 2.05) is 20.8 Å². The van der Waals surface area contributed by atoms with E-state index < -0.39 is 27.5 Å². The van der Waals surface area contributed by atoms with Crippen molar-refractivity contribution in [2.24, 2.45) is 11.1 Å². The van der Waals surface area contributed by atoms with Crippen LogP contribution in [0.5, 0.6) is 5.75 Å². The fourth-order valence-electron chi connectivity index (χ4n) is 2.10. The first-order valence-corrected chi connectivity index (χ1v) is 9.82. The average Bonchev–Trinajstić information content (AvgIpc) is 2.48. The number of nitrogens with one attached hydrogen (secondary N) is 3. The fraction of sp³-hybridized carbons (Fsp3) is 0.500. The van der Waals surface area contributed by atoms with E-state index in [4.69, 9.17) is 10.5 Å². The van der Waals surface area contributed by atoms with Crippen LogP contribution in [0.4, 0.5) is 10.5 Å². The van der Waals surface area contributed by atoms with Crippen LogP contribution < -0.4 is 25.8 Å². The van der Waals surface area contributed by atoms with Crippen LogP contribution in [-0.4, -0.2) is 45.8 Å². The Morgan fingerprint density at radius 1 is 1.19 bits per heavy atom. The summed E-state index contributed by atoms with van der Waals surface area (Å²) in [5.41, 5.74) is 5.04. The molecule has 146 valence electrons. The molecule has 0 aliphatic rings. The molecule has 0 spiro atoms. The van der Waals surface area contributed by atoms with Crippen molar-refractivity contribution in [2.75, 3.05) is 24.1 Å². The van der Waals surface area contributed by atoms with Crippen LogP contribution in [0.3, 0.4) is 0 Å². The standard InChI is InChI=1S/C16H26N4O5S/c1-16(2,3)13(19-15(17)22)14(21)18-9-10-25-12-7-5-11(6-8-12)20-26(4,23)24/h5-8,13,20H,9-10H2,1-4H3,(H,18,21)(H3,17,19,22). The van der Waals surface area contributed by atoms with E-state index in [9.17, 15) is 18.0 Å². The largest absolute Gasteiger partial charge is 0.492 e. The zero-order valence-corrected chi connectivity index (χ0v) is 16.1. The summed E-state index contributed by atoms with van der Waals surface area (Å²) in [6.07, 6.45) is 1.07. The van der Waals surface area contributed by atoms with Gasteiger partial charge in [0, 0.05) is 5.69 Å². The number of carbonyl (C=O) groups is 2. The van der Waals surface area contributed by atoms with Crippen molar-refractivity contribution >= 4 is 27.6 Å². The predicted molar refractivity (Wildman–Crippen MR) is 99.4 cm³/mol. The zero-order valence-electron chi connectivity index (χ0n) is 15.3. The van der Waals surface area contributed by atoms with E-state index in [-0.39, 0.29) is 19.1 Å². The van der Waals surface area contributed by atoms with Crippen LogP contribution in [-0.2, 0) is 14.8 Å². The number of sulfonamides is 1. The highest BCUT2D eigenvalue weighted by Gasteiger charge is 2.31. The third kappa shape index (κ3) is 8.06. The molecule has 0 bridgehead atoms. The number of urea groups is 1. The minimum Gasteiger partial charge on any atom is -0.492 e. The number of amides is 3. The quantitative estimate of drug-likeness (QED) is 0.485. The molecule has 0 aromatic heterocycles. The fourth-order valence-corrected chi connectivity index (χ4v) is 2.66. The molecule has 0 radical (unpaired) electrons. The predicted octanol–water partition coefficient (Wildman–Crippen LogP) is 0.636. The number of hydrogen-bond donors (Lipinski definition) is 4. The van der Waals surface area contributed by atoms with Gasteiger partial charge in [0.1, 0.15) is 18.4 Å². The van der Waals surface area contributed by atoms with Gasteiger partial charge in [0.05, 0.1) is 12.8 Å². The summed E-state index contributed by atoms with van der Waals surface area (Å²) in [7, 11) is -3.33. The normalized spacial score (nSPS) is 12.8. The van der Waals surface area contributed by atoms with Crippen molar-refractivity contribution < 1.29 is 22.7 Å². The summed E-state index contributed by atoms with van der Waals surface area (Å²) in [4.78, 5) is 23.3. The van der Waals surface area contributed by atoms with Crippen LogP contribution in [0.2, 0.25) is 0 Å². The number of carbonyl (C=O) groups excluding carboxylic acids is 2. The molecule has 5 N–H and O–H groups in total. The summed E-state index contributed by atoms with van der Waals surface area (Å²) in [5, 5.41) is 5.11. The lowest BCUT2D eigenvalue weighted by Crippen LogP contribution is -2.55. The Morgan fingerprint density at radius 2 is 1.77 bits per heavy atom. The van der Waals surface area contributed by atoms with E-state index in [0.717, 1.165) is 6.26 Å². The maximum Gasteiger partial charge on any atom is 0.312 e. The molecule has 1 aromatic rings. The maximum atomic E-state index is 12.2. The van der Waals surface area contributed by atoms with Crippen molar-refractivity contribution in [1.82, 2.24) is 10.6 Å². The summed E-state index contributed by atoms with van der Waals surface area (Å²) in [6, 6.07) is 4.84. The van der Waals surface area contributed by atoms with Gasteiger partial charge in [-0.3, -0.25) is 9.52 Å². The van der Waals surface area contributed by atoms with Gasteiger partial charge in [-0.25, -0.2) is 13.2 Å². The van der Waals surface area contributed by atoms with Gasteiger partial charge in [-0.05, 0) is 29.7 Å². The Bertz CT molecular complexity index is 726. The SMILES string of the molecule is CC(C)(C)C(NC(N)=O)C(=O)NCCOc1ccc(NS(C)(=O)=O)cc1. The second kappa shape index (κ2) is 8.75. The van der Waals surface area contributed by atoms with E-state index in [2.05, 4.69) is 15.4 Å². The van der Waals surface area contributed by atoms with Gasteiger partial charge < -0.3 is 21.1 Å². The Kier molecular flexibility index (Phi) is 7.25. The van der Waals surface area contributed by atoms with Gasteiger partial charge in [-0.2, -0.15) is 0 Å². The van der Waals surface area contributed by atoms with Crippen LogP contribution in [0.1, 0.15) is 20.8 Å². The zero-order chi connectivity index (χ0) is 20.0. The van der Waals surface area contributed by atoms with Crippen molar-refractivity contribution in [2.45, 2.75) is 26.8 Å². The summed E-state index contributed by atoms with van der Waals surface area (Å²) < 4.78 is 30.1. The minimum absolute atomic E-state index is 0.206. The number of nitrogens with two attached hydrogens (primary N) is 1. The van der Waals surface area contributed by atoms with Crippen molar-refractivity contribution in [3.05, 3.63) is 24.3 Å². The topological polar surface area (TPSA) is 140 Å². The van der Waals surface area contributed by atoms with E-state index in [1.54, 1.807) is 24.3 Å². The molecular weight excluding hydrogens is 360 g/mol. The molecule has 1 rings (SSSR count). The first kappa shape index (κ1) is 21.6. The van der Waals surface area contributed by atoms with E-state index >= 15 is 0 Å². The molecule has 1 aromatic carbocycles. The molecule has 1 atom stereocenters. The first-order chi connectivity index (χ1) is 11.9. The Morgan fingerprint density at radius 3 is 2.23 bits per heavy atom. The second-order valence-corrected chi connectivity index (χ2v) is 8.59. The van der Waals surface area contributed by atoms with E-state index in [1.165, 1.54) is 0 Å². The molecule has 0 aliphatic carbocycles. The highest BCUT2D eigenvalue weighted by Crippen LogP contribution is 2.19. The number of anilines is 1. The number of hydrogen-bond acceptors (Lipinski definition) is 5. The van der Waals surface area contributed by atoms with E-state index in [0.29, 0.717) is 11.4 Å². The van der Waals surface area contributed by atoms with Gasteiger partial charge >= 0.3 is 6.03 Å². The van der Waals surface area contributed by atoms with Crippen LogP contribution in [0.15, 0.2) is 24.3 Å². The summed E-state index contributed by atoms with van der Waals surface area (Å²) in [5.74, 6) is 0.175. The molecule has 9 nitrogen and oxygen atoms in total. The van der Waals surface area contributed by atoms with Gasteiger partial charge in [0.2, 0.25) is 15.9 Å². The third-order valence-electron chi connectivity index (χ3n) is 3.24.